The molecule has 0 aliphatic heterocycles. The van der Waals surface area contributed by atoms with Crippen LogP contribution in [0.3, 0.4) is 0 Å². The number of likely N-dealkylation sites (N-methyl/N-ethyl adjacent to an activating group) is 1. The molecule has 0 spiro atoms. The van der Waals surface area contributed by atoms with Crippen molar-refractivity contribution in [2.24, 2.45) is 5.92 Å². The molecule has 2 amide bonds. The molecule has 1 atom stereocenters. The van der Waals surface area contributed by atoms with E-state index < -0.39 is 6.04 Å². The third-order valence-electron chi connectivity index (χ3n) is 3.97. The molecule has 0 saturated carbocycles. The van der Waals surface area contributed by atoms with Gasteiger partial charge in [0.15, 0.2) is 0 Å². The lowest BCUT2D eigenvalue weighted by Crippen LogP contribution is -2.50. The molecular formula is C20H24N2O2. The van der Waals surface area contributed by atoms with E-state index in [0.29, 0.717) is 5.56 Å². The lowest BCUT2D eigenvalue weighted by Gasteiger charge is -2.27. The van der Waals surface area contributed by atoms with Crippen LogP contribution in [0.1, 0.15) is 29.8 Å². The Hall–Kier alpha value is -2.62. The molecule has 0 aliphatic rings. The van der Waals surface area contributed by atoms with Gasteiger partial charge in [-0.15, -0.1) is 0 Å². The second-order valence-electron chi connectivity index (χ2n) is 6.30. The summed E-state index contributed by atoms with van der Waals surface area (Å²) < 4.78 is 0. The number of aryl methyl sites for hydroxylation is 1. The van der Waals surface area contributed by atoms with Crippen molar-refractivity contribution >= 4 is 17.5 Å². The average Bonchev–Trinajstić information content (AvgIpc) is 2.58. The molecular weight excluding hydrogens is 300 g/mol. The molecule has 4 nitrogen and oxygen atoms in total. The number of carbonyl (C=O) groups excluding carboxylic acids is 2. The van der Waals surface area contributed by atoms with Crippen molar-refractivity contribution in [1.82, 2.24) is 5.32 Å². The van der Waals surface area contributed by atoms with E-state index in [9.17, 15) is 9.59 Å². The van der Waals surface area contributed by atoms with Crippen LogP contribution in [0.25, 0.3) is 0 Å². The van der Waals surface area contributed by atoms with Gasteiger partial charge < -0.3 is 10.2 Å². The number of benzene rings is 2. The Morgan fingerprint density at radius 1 is 1.00 bits per heavy atom. The zero-order valence-electron chi connectivity index (χ0n) is 14.6. The normalized spacial score (nSPS) is 11.9. The predicted molar refractivity (Wildman–Crippen MR) is 97.1 cm³/mol. The molecule has 0 fully saturated rings. The number of rotatable bonds is 5. The van der Waals surface area contributed by atoms with Crippen molar-refractivity contribution in [3.05, 3.63) is 65.7 Å². The summed E-state index contributed by atoms with van der Waals surface area (Å²) in [6, 6.07) is 16.2. The Balaban J connectivity index is 2.17. The largest absolute Gasteiger partial charge is 0.340 e. The highest BCUT2D eigenvalue weighted by Gasteiger charge is 2.28. The summed E-state index contributed by atoms with van der Waals surface area (Å²) in [5.41, 5.74) is 2.38. The fourth-order valence-corrected chi connectivity index (χ4v) is 2.51. The minimum Gasteiger partial charge on any atom is -0.340 e. The molecule has 1 unspecified atom stereocenters. The van der Waals surface area contributed by atoms with E-state index in [0.717, 1.165) is 11.3 Å². The Morgan fingerprint density at radius 3 is 2.25 bits per heavy atom. The summed E-state index contributed by atoms with van der Waals surface area (Å²) in [7, 11) is 1.73. The Labute approximate surface area is 143 Å². The molecule has 24 heavy (non-hydrogen) atoms. The van der Waals surface area contributed by atoms with Crippen molar-refractivity contribution in [3.8, 4) is 0 Å². The summed E-state index contributed by atoms with van der Waals surface area (Å²) in [4.78, 5) is 26.9. The number of nitrogens with zero attached hydrogens (tertiary/aromatic N) is 1. The number of hydrogen-bond donors (Lipinski definition) is 1. The van der Waals surface area contributed by atoms with Gasteiger partial charge in [-0.2, -0.15) is 0 Å². The number of nitrogens with one attached hydrogen (secondary N) is 1. The number of para-hydroxylation sites is 1. The van der Waals surface area contributed by atoms with Crippen LogP contribution in [0.15, 0.2) is 54.6 Å². The fourth-order valence-electron chi connectivity index (χ4n) is 2.51. The van der Waals surface area contributed by atoms with E-state index >= 15 is 0 Å². The van der Waals surface area contributed by atoms with Crippen LogP contribution in [0, 0.1) is 12.8 Å². The number of carbonyl (C=O) groups is 2. The van der Waals surface area contributed by atoms with Gasteiger partial charge in [0.2, 0.25) is 5.91 Å². The van der Waals surface area contributed by atoms with Crippen LogP contribution in [-0.4, -0.2) is 24.9 Å². The van der Waals surface area contributed by atoms with Crippen LogP contribution in [0.2, 0.25) is 0 Å². The standard InChI is InChI=1S/C20H24N2O2/c1-14(2)18(20(24)22(4)17-11-6-5-7-12-17)21-19(23)16-10-8-9-15(3)13-16/h5-14,18H,1-4H3,(H,21,23). The van der Waals surface area contributed by atoms with Gasteiger partial charge >= 0.3 is 0 Å². The molecule has 0 aliphatic carbocycles. The topological polar surface area (TPSA) is 49.4 Å². The molecule has 2 rings (SSSR count). The van der Waals surface area contributed by atoms with Crippen LogP contribution in [0.4, 0.5) is 5.69 Å². The number of hydrogen-bond acceptors (Lipinski definition) is 2. The molecule has 2 aromatic rings. The third kappa shape index (κ3) is 4.22. The van der Waals surface area contributed by atoms with E-state index in [1.165, 1.54) is 0 Å². The van der Waals surface area contributed by atoms with Crippen molar-refractivity contribution in [3.63, 3.8) is 0 Å². The molecule has 1 N–H and O–H groups in total. The molecule has 126 valence electrons. The van der Waals surface area contributed by atoms with Gasteiger partial charge in [0.05, 0.1) is 0 Å². The molecule has 4 heteroatoms. The quantitative estimate of drug-likeness (QED) is 0.916. The summed E-state index contributed by atoms with van der Waals surface area (Å²) in [5.74, 6) is -0.373. The first-order valence-electron chi connectivity index (χ1n) is 8.10. The first-order chi connectivity index (χ1) is 11.4. The van der Waals surface area contributed by atoms with E-state index in [1.807, 2.05) is 69.3 Å². The Morgan fingerprint density at radius 2 is 1.67 bits per heavy atom. The summed E-state index contributed by atoms with van der Waals surface area (Å²) in [5, 5.41) is 2.88. The minimum absolute atomic E-state index is 0.0163. The lowest BCUT2D eigenvalue weighted by molar-refractivity contribution is -0.121. The molecule has 2 aromatic carbocycles. The molecule has 0 radical (unpaired) electrons. The summed E-state index contributed by atoms with van der Waals surface area (Å²) in [6.07, 6.45) is 0. The second kappa shape index (κ2) is 7.77. The van der Waals surface area contributed by atoms with E-state index in [-0.39, 0.29) is 17.7 Å². The lowest BCUT2D eigenvalue weighted by atomic mass is 10.0. The van der Waals surface area contributed by atoms with Gasteiger partial charge in [-0.05, 0) is 37.1 Å². The molecule has 0 bridgehead atoms. The smallest absolute Gasteiger partial charge is 0.251 e. The highest BCUT2D eigenvalue weighted by molar-refractivity contribution is 6.02. The predicted octanol–water partition coefficient (Wildman–Crippen LogP) is 3.41. The van der Waals surface area contributed by atoms with Crippen molar-refractivity contribution in [1.29, 1.82) is 0 Å². The SMILES string of the molecule is Cc1cccc(C(=O)NC(C(=O)N(C)c2ccccc2)C(C)C)c1. The maximum absolute atomic E-state index is 12.8. The summed E-state index contributed by atoms with van der Waals surface area (Å²) >= 11 is 0. The van der Waals surface area contributed by atoms with Crippen molar-refractivity contribution in [2.45, 2.75) is 26.8 Å². The van der Waals surface area contributed by atoms with Gasteiger partial charge in [0, 0.05) is 18.3 Å². The van der Waals surface area contributed by atoms with Crippen molar-refractivity contribution in [2.75, 3.05) is 11.9 Å². The second-order valence-corrected chi connectivity index (χ2v) is 6.30. The third-order valence-corrected chi connectivity index (χ3v) is 3.97. The van der Waals surface area contributed by atoms with Crippen molar-refractivity contribution < 1.29 is 9.59 Å². The Kier molecular flexibility index (Phi) is 5.74. The fraction of sp³-hybridized carbons (Fsp3) is 0.300. The molecule has 0 aromatic heterocycles. The number of amides is 2. The van der Waals surface area contributed by atoms with Gasteiger partial charge in [-0.25, -0.2) is 0 Å². The molecule has 0 heterocycles. The maximum atomic E-state index is 12.8. The van der Waals surface area contributed by atoms with Gasteiger partial charge in [-0.3, -0.25) is 9.59 Å². The van der Waals surface area contributed by atoms with Gasteiger partial charge in [0.1, 0.15) is 6.04 Å². The van der Waals surface area contributed by atoms with Gasteiger partial charge in [-0.1, -0.05) is 49.7 Å². The molecule has 0 saturated heterocycles. The van der Waals surface area contributed by atoms with Crippen LogP contribution < -0.4 is 10.2 Å². The first kappa shape index (κ1) is 17.7. The van der Waals surface area contributed by atoms with Crippen LogP contribution in [0.5, 0.6) is 0 Å². The zero-order chi connectivity index (χ0) is 17.7. The Bertz CT molecular complexity index is 711. The first-order valence-corrected chi connectivity index (χ1v) is 8.10. The summed E-state index contributed by atoms with van der Waals surface area (Å²) in [6.45, 7) is 5.79. The van der Waals surface area contributed by atoms with Crippen LogP contribution >= 0.6 is 0 Å². The minimum atomic E-state index is -0.580. The van der Waals surface area contributed by atoms with E-state index in [4.69, 9.17) is 0 Å². The van der Waals surface area contributed by atoms with E-state index in [2.05, 4.69) is 5.32 Å². The maximum Gasteiger partial charge on any atom is 0.251 e. The average molecular weight is 324 g/mol. The van der Waals surface area contributed by atoms with Crippen LogP contribution in [-0.2, 0) is 4.79 Å². The highest BCUT2D eigenvalue weighted by Crippen LogP contribution is 2.15. The highest BCUT2D eigenvalue weighted by atomic mass is 16.2. The van der Waals surface area contributed by atoms with Gasteiger partial charge in [0.25, 0.3) is 5.91 Å². The van der Waals surface area contributed by atoms with E-state index in [1.54, 1.807) is 18.0 Å². The zero-order valence-corrected chi connectivity index (χ0v) is 14.6. The number of anilines is 1. The monoisotopic (exact) mass is 324 g/mol.